The van der Waals surface area contributed by atoms with E-state index in [-0.39, 0.29) is 32.7 Å². The largest absolute Gasteiger partial charge is 0.504 e. The van der Waals surface area contributed by atoms with Crippen LogP contribution in [0.15, 0.2) is 70.7 Å². The zero-order valence-electron chi connectivity index (χ0n) is 16.5. The third kappa shape index (κ3) is 5.70. The number of amides is 1. The van der Waals surface area contributed by atoms with Crippen LogP contribution in [0.3, 0.4) is 0 Å². The quantitative estimate of drug-likeness (QED) is 0.335. The summed E-state index contributed by atoms with van der Waals surface area (Å²) in [5.41, 5.74) is 3.07. The average molecular weight is 494 g/mol. The van der Waals surface area contributed by atoms with Crippen molar-refractivity contribution in [2.24, 2.45) is 5.10 Å². The van der Waals surface area contributed by atoms with E-state index < -0.39 is 15.9 Å². The second-order valence-electron chi connectivity index (χ2n) is 6.39. The molecule has 0 unspecified atom stereocenters. The molecule has 3 rings (SSSR count). The number of phenols is 1. The fraction of sp³-hybridized carbons (Fsp3) is 0.0476. The van der Waals surface area contributed by atoms with Gasteiger partial charge in [0.05, 0.1) is 28.9 Å². The molecule has 0 aliphatic carbocycles. The molecule has 3 N–H and O–H groups in total. The summed E-state index contributed by atoms with van der Waals surface area (Å²) in [6.45, 7) is 0. The lowest BCUT2D eigenvalue weighted by Crippen LogP contribution is -2.19. The summed E-state index contributed by atoms with van der Waals surface area (Å²) in [5, 5.41) is 13.9. The van der Waals surface area contributed by atoms with E-state index in [1.54, 1.807) is 6.07 Å². The van der Waals surface area contributed by atoms with Crippen LogP contribution in [0, 0.1) is 0 Å². The summed E-state index contributed by atoms with van der Waals surface area (Å²) in [7, 11) is -2.62. The molecule has 0 aromatic heterocycles. The predicted molar refractivity (Wildman–Crippen MR) is 123 cm³/mol. The number of carbonyl (C=O) groups excluding carboxylic acids is 1. The molecule has 0 saturated heterocycles. The van der Waals surface area contributed by atoms with Crippen LogP contribution in [0.5, 0.6) is 11.5 Å². The summed E-state index contributed by atoms with van der Waals surface area (Å²) in [6, 6.07) is 14.3. The van der Waals surface area contributed by atoms with Gasteiger partial charge in [-0.15, -0.1) is 0 Å². The van der Waals surface area contributed by atoms with E-state index in [1.807, 2.05) is 0 Å². The van der Waals surface area contributed by atoms with Crippen molar-refractivity contribution < 1.29 is 23.1 Å². The molecule has 32 heavy (non-hydrogen) atoms. The van der Waals surface area contributed by atoms with E-state index in [1.165, 1.54) is 67.9 Å². The number of anilines is 1. The van der Waals surface area contributed by atoms with Crippen LogP contribution in [0.4, 0.5) is 5.69 Å². The number of rotatable bonds is 7. The van der Waals surface area contributed by atoms with Crippen molar-refractivity contribution in [3.05, 3.63) is 81.8 Å². The highest BCUT2D eigenvalue weighted by Crippen LogP contribution is 2.28. The maximum Gasteiger partial charge on any atom is 0.271 e. The van der Waals surface area contributed by atoms with E-state index in [4.69, 9.17) is 27.9 Å². The van der Waals surface area contributed by atoms with Gasteiger partial charge >= 0.3 is 0 Å². The van der Waals surface area contributed by atoms with Crippen LogP contribution in [0.25, 0.3) is 0 Å². The Balaban J connectivity index is 1.74. The summed E-state index contributed by atoms with van der Waals surface area (Å²) in [5.74, 6) is -0.394. The van der Waals surface area contributed by atoms with Crippen LogP contribution in [-0.4, -0.2) is 32.8 Å². The van der Waals surface area contributed by atoms with Crippen LogP contribution in [0.1, 0.15) is 15.9 Å². The van der Waals surface area contributed by atoms with E-state index >= 15 is 0 Å². The van der Waals surface area contributed by atoms with Crippen molar-refractivity contribution >= 4 is 51.0 Å². The number of hydrogen-bond donors (Lipinski definition) is 3. The Kier molecular flexibility index (Phi) is 7.24. The molecule has 0 heterocycles. The van der Waals surface area contributed by atoms with Gasteiger partial charge in [-0.3, -0.25) is 9.52 Å². The standard InChI is InChI=1S/C21H17Cl2N3O5S/c1-31-20-9-13(5-8-19(20)27)12-24-25-21(28)14-3-2-4-16(10-14)32(29,30)26-18-11-15(22)6-7-17(18)23/h2-12,26-27H,1H3,(H,25,28). The molecule has 0 saturated carbocycles. The van der Waals surface area contributed by atoms with Gasteiger partial charge in [-0.1, -0.05) is 29.3 Å². The van der Waals surface area contributed by atoms with Gasteiger partial charge in [-0.05, 0) is 60.2 Å². The molecule has 3 aromatic carbocycles. The molecule has 0 fully saturated rings. The van der Waals surface area contributed by atoms with Crippen LogP contribution < -0.4 is 14.9 Å². The molecule has 0 aliphatic heterocycles. The lowest BCUT2D eigenvalue weighted by molar-refractivity contribution is 0.0955. The number of ether oxygens (including phenoxy) is 1. The number of hydrogen-bond acceptors (Lipinski definition) is 6. The van der Waals surface area contributed by atoms with Gasteiger partial charge in [0.15, 0.2) is 11.5 Å². The van der Waals surface area contributed by atoms with Crippen LogP contribution in [-0.2, 0) is 10.0 Å². The molecule has 1 amide bonds. The number of benzene rings is 3. The zero-order chi connectivity index (χ0) is 23.3. The Hall–Kier alpha value is -3.27. The molecule has 0 bridgehead atoms. The van der Waals surface area contributed by atoms with E-state index in [0.717, 1.165) is 0 Å². The van der Waals surface area contributed by atoms with Crippen LogP contribution >= 0.6 is 23.2 Å². The number of sulfonamides is 1. The number of carbonyl (C=O) groups is 1. The Labute approximate surface area is 194 Å². The first kappa shape index (κ1) is 23.4. The monoisotopic (exact) mass is 493 g/mol. The molecular formula is C21H17Cl2N3O5S. The fourth-order valence-corrected chi connectivity index (χ4v) is 4.10. The predicted octanol–water partition coefficient (Wildman–Crippen LogP) is 4.27. The molecule has 0 spiro atoms. The minimum absolute atomic E-state index is 0.0284. The lowest BCUT2D eigenvalue weighted by Gasteiger charge is -2.11. The number of hydrazone groups is 1. The van der Waals surface area contributed by atoms with Gasteiger partial charge < -0.3 is 9.84 Å². The maximum absolute atomic E-state index is 12.7. The van der Waals surface area contributed by atoms with Gasteiger partial charge in [0, 0.05) is 10.6 Å². The van der Waals surface area contributed by atoms with E-state index in [9.17, 15) is 18.3 Å². The number of aromatic hydroxyl groups is 1. The van der Waals surface area contributed by atoms with Crippen LogP contribution in [0.2, 0.25) is 10.0 Å². The number of nitrogens with one attached hydrogen (secondary N) is 2. The first-order valence-corrected chi connectivity index (χ1v) is 11.2. The fourth-order valence-electron chi connectivity index (χ4n) is 2.59. The first-order chi connectivity index (χ1) is 15.2. The molecule has 0 aliphatic rings. The highest BCUT2D eigenvalue weighted by molar-refractivity contribution is 7.92. The zero-order valence-corrected chi connectivity index (χ0v) is 18.9. The maximum atomic E-state index is 12.7. The Bertz CT molecular complexity index is 1300. The van der Waals surface area contributed by atoms with Crippen molar-refractivity contribution in [1.29, 1.82) is 0 Å². The first-order valence-electron chi connectivity index (χ1n) is 8.98. The number of phenolic OH excluding ortho intramolecular Hbond substituents is 1. The highest BCUT2D eigenvalue weighted by Gasteiger charge is 2.18. The van der Waals surface area contributed by atoms with Gasteiger partial charge in [0.2, 0.25) is 0 Å². The van der Waals surface area contributed by atoms with Crippen molar-refractivity contribution in [1.82, 2.24) is 5.43 Å². The summed E-state index contributed by atoms with van der Waals surface area (Å²) in [6.07, 6.45) is 1.35. The minimum Gasteiger partial charge on any atom is -0.504 e. The molecule has 0 atom stereocenters. The summed E-state index contributed by atoms with van der Waals surface area (Å²) >= 11 is 11.9. The molecule has 3 aromatic rings. The Morgan fingerprint density at radius 1 is 1.09 bits per heavy atom. The van der Waals surface area contributed by atoms with Gasteiger partial charge in [0.1, 0.15) is 0 Å². The molecule has 8 nitrogen and oxygen atoms in total. The topological polar surface area (TPSA) is 117 Å². The minimum atomic E-state index is -4.03. The second-order valence-corrected chi connectivity index (χ2v) is 8.91. The van der Waals surface area contributed by atoms with Crippen molar-refractivity contribution in [2.75, 3.05) is 11.8 Å². The molecular weight excluding hydrogens is 477 g/mol. The van der Waals surface area contributed by atoms with E-state index in [2.05, 4.69) is 15.2 Å². The van der Waals surface area contributed by atoms with Crippen molar-refractivity contribution in [3.8, 4) is 11.5 Å². The average Bonchev–Trinajstić information content (AvgIpc) is 2.77. The third-order valence-corrected chi connectivity index (χ3v) is 6.09. The normalized spacial score (nSPS) is 11.3. The lowest BCUT2D eigenvalue weighted by atomic mass is 10.2. The summed E-state index contributed by atoms with van der Waals surface area (Å²) < 4.78 is 32.8. The van der Waals surface area contributed by atoms with E-state index in [0.29, 0.717) is 10.6 Å². The van der Waals surface area contributed by atoms with Gasteiger partial charge in [0.25, 0.3) is 15.9 Å². The number of halogens is 2. The van der Waals surface area contributed by atoms with Crippen molar-refractivity contribution in [3.63, 3.8) is 0 Å². The highest BCUT2D eigenvalue weighted by atomic mass is 35.5. The van der Waals surface area contributed by atoms with Gasteiger partial charge in [-0.25, -0.2) is 13.8 Å². The SMILES string of the molecule is COc1cc(C=NNC(=O)c2cccc(S(=O)(=O)Nc3cc(Cl)ccc3Cl)c2)ccc1O. The van der Waals surface area contributed by atoms with Crippen molar-refractivity contribution in [2.45, 2.75) is 4.90 Å². The smallest absolute Gasteiger partial charge is 0.271 e. The summed E-state index contributed by atoms with van der Waals surface area (Å²) in [4.78, 5) is 12.3. The number of nitrogens with zero attached hydrogens (tertiary/aromatic N) is 1. The number of methoxy groups -OCH3 is 1. The third-order valence-electron chi connectivity index (χ3n) is 4.16. The molecule has 166 valence electrons. The Morgan fingerprint density at radius 2 is 1.88 bits per heavy atom. The Morgan fingerprint density at radius 3 is 2.62 bits per heavy atom. The van der Waals surface area contributed by atoms with Gasteiger partial charge in [-0.2, -0.15) is 5.10 Å². The molecule has 0 radical (unpaired) electrons. The molecule has 11 heteroatoms. The second kappa shape index (κ2) is 9.90.